The van der Waals surface area contributed by atoms with Gasteiger partial charge in [0, 0.05) is 23.7 Å². The maximum absolute atomic E-state index is 13.0. The van der Waals surface area contributed by atoms with Gasteiger partial charge in [-0.15, -0.1) is 0 Å². The molecule has 2 rings (SSSR count). The Morgan fingerprint density at radius 1 is 1.28 bits per heavy atom. The molecule has 5 heteroatoms. The Morgan fingerprint density at radius 3 is 2.44 bits per heavy atom. The van der Waals surface area contributed by atoms with Gasteiger partial charge in [-0.3, -0.25) is 0 Å². The fraction of sp³-hybridized carbons (Fsp3) is 0.385. The van der Waals surface area contributed by atoms with Crippen LogP contribution in [0, 0.1) is 5.82 Å². The molecule has 0 amide bonds. The lowest BCUT2D eigenvalue weighted by Crippen LogP contribution is -2.13. The first-order valence-corrected chi connectivity index (χ1v) is 5.76. The van der Waals surface area contributed by atoms with Crippen molar-refractivity contribution in [2.75, 3.05) is 5.73 Å². The Balaban J connectivity index is 2.55. The summed E-state index contributed by atoms with van der Waals surface area (Å²) >= 11 is 0. The normalized spacial score (nSPS) is 11.8. The van der Waals surface area contributed by atoms with E-state index in [1.54, 1.807) is 17.8 Å². The Labute approximate surface area is 106 Å². The number of halogens is 1. The number of nitrogens with two attached hydrogens (primary N) is 1. The third-order valence-corrected chi connectivity index (χ3v) is 2.69. The molecule has 0 aliphatic rings. The van der Waals surface area contributed by atoms with E-state index >= 15 is 0 Å². The maximum atomic E-state index is 13.0. The summed E-state index contributed by atoms with van der Waals surface area (Å²) in [4.78, 5) is 4.49. The second kappa shape index (κ2) is 4.08. The molecule has 1 heterocycles. The van der Waals surface area contributed by atoms with E-state index in [1.807, 2.05) is 20.8 Å². The average Bonchev–Trinajstić information content (AvgIpc) is 2.60. The first kappa shape index (κ1) is 12.5. The minimum absolute atomic E-state index is 0.134. The number of aryl methyl sites for hydroxylation is 1. The molecule has 1 aromatic carbocycles. The first-order valence-electron chi connectivity index (χ1n) is 5.76. The van der Waals surface area contributed by atoms with E-state index in [0.717, 1.165) is 5.82 Å². The van der Waals surface area contributed by atoms with E-state index in [9.17, 15) is 4.39 Å². The van der Waals surface area contributed by atoms with Crippen LogP contribution in [0.15, 0.2) is 18.2 Å². The van der Waals surface area contributed by atoms with Gasteiger partial charge in [-0.05, 0) is 18.2 Å². The number of aromatic nitrogens is 3. The fourth-order valence-electron chi connectivity index (χ4n) is 1.67. The quantitative estimate of drug-likeness (QED) is 0.789. The monoisotopic (exact) mass is 248 g/mol. The molecule has 0 saturated carbocycles. The van der Waals surface area contributed by atoms with Crippen LogP contribution in [-0.2, 0) is 12.5 Å². The summed E-state index contributed by atoms with van der Waals surface area (Å²) in [5.74, 6) is 1.04. The summed E-state index contributed by atoms with van der Waals surface area (Å²) < 4.78 is 14.7. The van der Waals surface area contributed by atoms with Crippen molar-refractivity contribution in [3.63, 3.8) is 0 Å². The van der Waals surface area contributed by atoms with E-state index in [4.69, 9.17) is 5.73 Å². The Hall–Kier alpha value is -1.91. The Kier molecular flexibility index (Phi) is 2.84. The number of nitrogen functional groups attached to an aromatic ring is 1. The van der Waals surface area contributed by atoms with Gasteiger partial charge < -0.3 is 5.73 Å². The van der Waals surface area contributed by atoms with Crippen LogP contribution >= 0.6 is 0 Å². The van der Waals surface area contributed by atoms with Crippen molar-refractivity contribution in [3.05, 3.63) is 29.8 Å². The molecule has 0 saturated heterocycles. The van der Waals surface area contributed by atoms with E-state index in [0.29, 0.717) is 17.1 Å². The van der Waals surface area contributed by atoms with E-state index in [-0.39, 0.29) is 11.2 Å². The van der Waals surface area contributed by atoms with Crippen LogP contribution in [0.2, 0.25) is 0 Å². The minimum Gasteiger partial charge on any atom is -0.398 e. The number of rotatable bonds is 1. The highest BCUT2D eigenvalue weighted by molar-refractivity contribution is 5.71. The van der Waals surface area contributed by atoms with Gasteiger partial charge in [0.2, 0.25) is 0 Å². The third-order valence-electron chi connectivity index (χ3n) is 2.69. The van der Waals surface area contributed by atoms with Crippen molar-refractivity contribution in [1.82, 2.24) is 14.8 Å². The number of hydrogen-bond acceptors (Lipinski definition) is 3. The van der Waals surface area contributed by atoms with Crippen molar-refractivity contribution in [3.8, 4) is 11.4 Å². The molecule has 0 atom stereocenters. The molecule has 0 bridgehead atoms. The van der Waals surface area contributed by atoms with Crippen LogP contribution < -0.4 is 5.73 Å². The molecule has 4 nitrogen and oxygen atoms in total. The number of benzene rings is 1. The van der Waals surface area contributed by atoms with Crippen molar-refractivity contribution >= 4 is 5.69 Å². The van der Waals surface area contributed by atoms with Crippen LogP contribution in [0.4, 0.5) is 10.1 Å². The zero-order valence-electron chi connectivity index (χ0n) is 11.0. The molecule has 96 valence electrons. The predicted octanol–water partition coefficient (Wildman–Crippen LogP) is 2.50. The van der Waals surface area contributed by atoms with Gasteiger partial charge in [-0.25, -0.2) is 14.1 Å². The Morgan fingerprint density at radius 2 is 1.94 bits per heavy atom. The molecule has 2 aromatic rings. The van der Waals surface area contributed by atoms with Crippen molar-refractivity contribution in [2.45, 2.75) is 26.2 Å². The highest BCUT2D eigenvalue weighted by atomic mass is 19.1. The topological polar surface area (TPSA) is 56.7 Å². The number of hydrogen-bond donors (Lipinski definition) is 1. The zero-order valence-corrected chi connectivity index (χ0v) is 11.0. The van der Waals surface area contributed by atoms with E-state index < -0.39 is 0 Å². The van der Waals surface area contributed by atoms with Gasteiger partial charge >= 0.3 is 0 Å². The van der Waals surface area contributed by atoms with Crippen molar-refractivity contribution in [1.29, 1.82) is 0 Å². The van der Waals surface area contributed by atoms with Crippen LogP contribution in [0.25, 0.3) is 11.4 Å². The second-order valence-corrected chi connectivity index (χ2v) is 5.36. The first-order chi connectivity index (χ1) is 8.29. The summed E-state index contributed by atoms with van der Waals surface area (Å²) in [7, 11) is 1.81. The molecule has 2 N–H and O–H groups in total. The maximum Gasteiger partial charge on any atom is 0.160 e. The summed E-state index contributed by atoms with van der Waals surface area (Å²) in [6.45, 7) is 6.13. The average molecular weight is 248 g/mol. The molecule has 1 aromatic heterocycles. The van der Waals surface area contributed by atoms with Gasteiger partial charge in [0.1, 0.15) is 5.82 Å². The number of anilines is 1. The lowest BCUT2D eigenvalue weighted by Gasteiger charge is -2.12. The highest BCUT2D eigenvalue weighted by Gasteiger charge is 2.22. The van der Waals surface area contributed by atoms with Crippen LogP contribution in [0.5, 0.6) is 0 Å². The summed E-state index contributed by atoms with van der Waals surface area (Å²) in [5, 5.41) is 4.38. The van der Waals surface area contributed by atoms with Gasteiger partial charge in [-0.2, -0.15) is 5.10 Å². The minimum atomic E-state index is -0.352. The van der Waals surface area contributed by atoms with E-state index in [2.05, 4.69) is 10.1 Å². The fourth-order valence-corrected chi connectivity index (χ4v) is 1.67. The molecule has 0 aliphatic carbocycles. The lowest BCUT2D eigenvalue weighted by molar-refractivity contribution is 0.538. The Bertz CT molecular complexity index is 581. The van der Waals surface area contributed by atoms with Crippen molar-refractivity contribution < 1.29 is 4.39 Å². The molecule has 0 fully saturated rings. The number of nitrogens with zero attached hydrogens (tertiary/aromatic N) is 3. The summed E-state index contributed by atoms with van der Waals surface area (Å²) in [5.41, 5.74) is 6.75. The van der Waals surface area contributed by atoms with Crippen molar-refractivity contribution in [2.24, 2.45) is 7.05 Å². The second-order valence-electron chi connectivity index (χ2n) is 5.36. The molecule has 0 unspecified atom stereocenters. The molecule has 0 radical (unpaired) electrons. The molecule has 0 spiro atoms. The molecular formula is C13H17FN4. The zero-order chi connectivity index (χ0) is 13.5. The largest absolute Gasteiger partial charge is 0.398 e. The molecule has 0 aliphatic heterocycles. The highest BCUT2D eigenvalue weighted by Crippen LogP contribution is 2.27. The lowest BCUT2D eigenvalue weighted by atomic mass is 9.96. The third kappa shape index (κ3) is 2.20. The van der Waals surface area contributed by atoms with E-state index in [1.165, 1.54) is 12.1 Å². The SMILES string of the molecule is Cn1nc(C(C)(C)C)nc1-c1ccc(F)cc1N. The van der Waals surface area contributed by atoms with Gasteiger partial charge in [0.25, 0.3) is 0 Å². The standard InChI is InChI=1S/C13H17FN4/c1-13(2,3)12-16-11(18(4)17-12)9-6-5-8(14)7-10(9)15/h5-7H,15H2,1-4H3. The van der Waals surface area contributed by atoms with Gasteiger partial charge in [0.15, 0.2) is 11.6 Å². The van der Waals surface area contributed by atoms with Crippen LogP contribution in [-0.4, -0.2) is 14.8 Å². The van der Waals surface area contributed by atoms with Gasteiger partial charge in [0.05, 0.1) is 0 Å². The molecular weight excluding hydrogens is 231 g/mol. The molecule has 18 heavy (non-hydrogen) atoms. The predicted molar refractivity (Wildman–Crippen MR) is 69.5 cm³/mol. The smallest absolute Gasteiger partial charge is 0.160 e. The van der Waals surface area contributed by atoms with Crippen LogP contribution in [0.1, 0.15) is 26.6 Å². The summed E-state index contributed by atoms with van der Waals surface area (Å²) in [6, 6.07) is 4.29. The summed E-state index contributed by atoms with van der Waals surface area (Å²) in [6.07, 6.45) is 0. The van der Waals surface area contributed by atoms with Crippen LogP contribution in [0.3, 0.4) is 0 Å². The van der Waals surface area contributed by atoms with Gasteiger partial charge in [-0.1, -0.05) is 20.8 Å².